The van der Waals surface area contributed by atoms with Gasteiger partial charge in [-0.1, -0.05) is 0 Å². The molecule has 0 amide bonds. The molecule has 0 N–H and O–H groups in total. The van der Waals surface area contributed by atoms with Crippen LogP contribution in [0.25, 0.3) is 0 Å². The maximum atomic E-state index is 13.3. The Morgan fingerprint density at radius 1 is 1.29 bits per heavy atom. The lowest BCUT2D eigenvalue weighted by atomic mass is 10.0. The Hall–Kier alpha value is -2.44. The molecule has 2 saturated heterocycles. The van der Waals surface area contributed by atoms with Crippen molar-refractivity contribution < 1.29 is 17.9 Å². The van der Waals surface area contributed by atoms with E-state index in [0.717, 1.165) is 49.7 Å². The smallest absolute Gasteiger partial charge is 0.219 e. The van der Waals surface area contributed by atoms with Gasteiger partial charge in [0.15, 0.2) is 5.83 Å². The molecule has 0 aromatic heterocycles. The van der Waals surface area contributed by atoms with E-state index in [0.29, 0.717) is 11.9 Å². The molecule has 0 aromatic carbocycles. The highest BCUT2D eigenvalue weighted by atomic mass is 19.2. The molecule has 1 aliphatic carbocycles. The summed E-state index contributed by atoms with van der Waals surface area (Å²) in [6, 6.07) is 0.500. The summed E-state index contributed by atoms with van der Waals surface area (Å²) in [5, 5.41) is 0. The molecular weight excluding hydrogens is 367 g/mol. The van der Waals surface area contributed by atoms with Gasteiger partial charge in [0.25, 0.3) is 0 Å². The topological polar surface area (TPSA) is 28.1 Å². The van der Waals surface area contributed by atoms with E-state index in [1.165, 1.54) is 31.8 Å². The van der Waals surface area contributed by atoms with E-state index < -0.39 is 11.7 Å². The maximum Gasteiger partial charge on any atom is 0.219 e. The van der Waals surface area contributed by atoms with Gasteiger partial charge >= 0.3 is 0 Å². The minimum atomic E-state index is -1.08. The van der Waals surface area contributed by atoms with Gasteiger partial charge in [-0.2, -0.15) is 4.99 Å². The van der Waals surface area contributed by atoms with Crippen LogP contribution >= 0.6 is 0 Å². The number of piperidine rings is 1. The van der Waals surface area contributed by atoms with Crippen LogP contribution in [0.15, 0.2) is 64.0 Å². The molecule has 7 heteroatoms. The Bertz CT molecular complexity index is 828. The van der Waals surface area contributed by atoms with Crippen LogP contribution in [0.2, 0.25) is 0 Å². The summed E-state index contributed by atoms with van der Waals surface area (Å²) in [7, 11) is 0. The molecule has 3 heterocycles. The van der Waals surface area contributed by atoms with Crippen molar-refractivity contribution in [3.05, 3.63) is 59.0 Å². The quantitative estimate of drug-likeness (QED) is 0.631. The fourth-order valence-electron chi connectivity index (χ4n) is 3.99. The summed E-state index contributed by atoms with van der Waals surface area (Å²) in [5.74, 6) is 0.886. The summed E-state index contributed by atoms with van der Waals surface area (Å²) in [6.07, 6.45) is 9.47. The maximum absolute atomic E-state index is 13.3. The fourth-order valence-corrected chi connectivity index (χ4v) is 3.99. The number of nitrogens with zero attached hydrogens (tertiary/aromatic N) is 3. The van der Waals surface area contributed by atoms with Crippen LogP contribution in [0.3, 0.4) is 0 Å². The van der Waals surface area contributed by atoms with Gasteiger partial charge in [-0.25, -0.2) is 13.2 Å². The van der Waals surface area contributed by atoms with Gasteiger partial charge in [-0.15, -0.1) is 0 Å². The van der Waals surface area contributed by atoms with Gasteiger partial charge in [0.2, 0.25) is 5.90 Å². The molecule has 28 heavy (non-hydrogen) atoms. The molecule has 0 aromatic rings. The van der Waals surface area contributed by atoms with Crippen molar-refractivity contribution in [3.8, 4) is 0 Å². The zero-order valence-electron chi connectivity index (χ0n) is 15.9. The Morgan fingerprint density at radius 3 is 2.82 bits per heavy atom. The van der Waals surface area contributed by atoms with E-state index in [-0.39, 0.29) is 18.5 Å². The summed E-state index contributed by atoms with van der Waals surface area (Å²) in [5.41, 5.74) is 1.51. The molecule has 0 spiro atoms. The first-order valence-corrected chi connectivity index (χ1v) is 9.75. The van der Waals surface area contributed by atoms with Crippen LogP contribution < -0.4 is 0 Å². The molecule has 1 saturated carbocycles. The van der Waals surface area contributed by atoms with Crippen molar-refractivity contribution in [2.75, 3.05) is 19.7 Å². The predicted molar refractivity (Wildman–Crippen MR) is 102 cm³/mol. The van der Waals surface area contributed by atoms with E-state index in [1.54, 1.807) is 0 Å². The van der Waals surface area contributed by atoms with Crippen molar-refractivity contribution in [2.45, 2.75) is 45.1 Å². The largest absolute Gasteiger partial charge is 0.473 e. The van der Waals surface area contributed by atoms with Crippen LogP contribution in [0.5, 0.6) is 0 Å². The Morgan fingerprint density at radius 2 is 2.11 bits per heavy atom. The lowest BCUT2D eigenvalue weighted by molar-refractivity contribution is 0.235. The minimum Gasteiger partial charge on any atom is -0.473 e. The zero-order valence-corrected chi connectivity index (χ0v) is 15.9. The second-order valence-electron chi connectivity index (χ2n) is 7.57. The highest BCUT2D eigenvalue weighted by molar-refractivity contribution is 5.90. The number of halogens is 3. The van der Waals surface area contributed by atoms with Crippen LogP contribution in [0, 0.1) is 0 Å². The van der Waals surface area contributed by atoms with Gasteiger partial charge in [-0.05, 0) is 62.3 Å². The van der Waals surface area contributed by atoms with Gasteiger partial charge < -0.3 is 14.5 Å². The van der Waals surface area contributed by atoms with Gasteiger partial charge in [0, 0.05) is 25.2 Å². The summed E-state index contributed by atoms with van der Waals surface area (Å²) >= 11 is 0. The van der Waals surface area contributed by atoms with Crippen LogP contribution in [0.4, 0.5) is 13.2 Å². The first-order chi connectivity index (χ1) is 13.5. The van der Waals surface area contributed by atoms with Crippen molar-refractivity contribution in [1.82, 2.24) is 9.80 Å². The summed E-state index contributed by atoms with van der Waals surface area (Å²) in [6.45, 7) is 3.11. The van der Waals surface area contributed by atoms with Crippen LogP contribution in [-0.2, 0) is 4.74 Å². The molecule has 3 fully saturated rings. The third kappa shape index (κ3) is 4.03. The molecule has 3 aliphatic heterocycles. The van der Waals surface area contributed by atoms with E-state index in [4.69, 9.17) is 4.74 Å². The monoisotopic (exact) mass is 391 g/mol. The standard InChI is InChI=1S/C21H24F3N3O/c1-14(23)8-15(9-17(24)11-22)13-28-19-10-20-26-7-3-2-4-18(26)12-27(20)21(25-19)16-5-6-16/h8-11,18H,2-7,12-13H2,1H3/b14-8+,15-9+,17-11-. The van der Waals surface area contributed by atoms with Gasteiger partial charge in [0.1, 0.15) is 24.6 Å². The van der Waals surface area contributed by atoms with Crippen molar-refractivity contribution in [3.63, 3.8) is 0 Å². The first-order valence-electron chi connectivity index (χ1n) is 9.75. The second-order valence-corrected chi connectivity index (χ2v) is 7.57. The van der Waals surface area contributed by atoms with Crippen LogP contribution in [-0.4, -0.2) is 41.4 Å². The molecule has 1 unspecified atom stereocenters. The molecule has 4 rings (SSSR count). The van der Waals surface area contributed by atoms with Crippen LogP contribution in [0.1, 0.15) is 39.0 Å². The van der Waals surface area contributed by atoms with Crippen molar-refractivity contribution in [2.24, 2.45) is 4.99 Å². The third-order valence-corrected chi connectivity index (χ3v) is 5.33. The Labute approximate surface area is 163 Å². The summed E-state index contributed by atoms with van der Waals surface area (Å²) in [4.78, 5) is 9.36. The highest BCUT2D eigenvalue weighted by Gasteiger charge is 2.40. The molecule has 0 bridgehead atoms. The van der Waals surface area contributed by atoms with E-state index >= 15 is 0 Å². The third-order valence-electron chi connectivity index (χ3n) is 5.33. The number of fused-ring (bicyclic) bond motifs is 3. The lowest BCUT2D eigenvalue weighted by Crippen LogP contribution is -2.34. The number of allylic oxidation sites excluding steroid dienone is 4. The molecule has 1 atom stereocenters. The number of ether oxygens (including phenoxy) is 1. The number of aliphatic imine (C=N–C) groups is 1. The Kier molecular flexibility index (Phi) is 5.33. The zero-order chi connectivity index (χ0) is 19.7. The first kappa shape index (κ1) is 18.9. The van der Waals surface area contributed by atoms with Crippen molar-refractivity contribution in [1.29, 1.82) is 0 Å². The number of rotatable bonds is 4. The second kappa shape index (κ2) is 7.89. The van der Waals surface area contributed by atoms with E-state index in [1.807, 2.05) is 6.08 Å². The Balaban J connectivity index is 1.56. The van der Waals surface area contributed by atoms with E-state index in [9.17, 15) is 13.2 Å². The molecule has 4 nitrogen and oxygen atoms in total. The highest BCUT2D eigenvalue weighted by Crippen LogP contribution is 2.42. The normalized spacial score (nSPS) is 25.4. The average molecular weight is 391 g/mol. The number of hydrogen-bond acceptors (Lipinski definition) is 4. The lowest BCUT2D eigenvalue weighted by Gasteiger charge is -2.32. The molecule has 150 valence electrons. The van der Waals surface area contributed by atoms with E-state index in [2.05, 4.69) is 14.8 Å². The molecule has 4 aliphatic rings. The minimum absolute atomic E-state index is 0.100. The molecule has 0 radical (unpaired) electrons. The fraction of sp³-hybridized carbons (Fsp3) is 0.476. The predicted octanol–water partition coefficient (Wildman–Crippen LogP) is 5.01. The SMILES string of the molecule is C\C(F)=C/C(=C\C(F)=C\F)COC1=NC(=C2CC2)N2CC3CCCCN3C2=C1. The molecular formula is C21H24F3N3O. The van der Waals surface area contributed by atoms with Crippen molar-refractivity contribution >= 4 is 5.90 Å². The summed E-state index contributed by atoms with van der Waals surface area (Å²) < 4.78 is 44.7. The number of hydrogen-bond donors (Lipinski definition) is 0. The van der Waals surface area contributed by atoms with Gasteiger partial charge in [-0.3, -0.25) is 0 Å². The average Bonchev–Trinajstić information content (AvgIpc) is 3.45. The van der Waals surface area contributed by atoms with Gasteiger partial charge in [0.05, 0.1) is 5.83 Å².